The topological polar surface area (TPSA) is 88.3 Å². The van der Waals surface area contributed by atoms with E-state index in [0.29, 0.717) is 23.2 Å². The maximum Gasteiger partial charge on any atom is 0.314 e. The summed E-state index contributed by atoms with van der Waals surface area (Å²) < 4.78 is 30.6. The molecule has 1 saturated carbocycles. The van der Waals surface area contributed by atoms with E-state index in [0.717, 1.165) is 31.2 Å². The number of hydrogen-bond acceptors (Lipinski definition) is 5. The normalized spacial score (nSPS) is 20.2. The summed E-state index contributed by atoms with van der Waals surface area (Å²) in [5.74, 6) is -1.10. The minimum Gasteiger partial charge on any atom is -0.415 e. The first-order valence-corrected chi connectivity index (χ1v) is 10.9. The molecular formula is C24H22F2N4O3. The van der Waals surface area contributed by atoms with Gasteiger partial charge in [-0.15, -0.1) is 10.2 Å². The molecule has 2 atom stereocenters. The van der Waals surface area contributed by atoms with Gasteiger partial charge in [-0.25, -0.2) is 0 Å². The number of halogens is 2. The summed E-state index contributed by atoms with van der Waals surface area (Å²) in [5, 5.41) is 10.1. The van der Waals surface area contributed by atoms with Gasteiger partial charge in [-0.05, 0) is 42.7 Å². The van der Waals surface area contributed by atoms with Crippen molar-refractivity contribution in [2.75, 3.05) is 0 Å². The maximum absolute atomic E-state index is 13.3. The Balaban J connectivity index is 1.35. The highest BCUT2D eigenvalue weighted by Crippen LogP contribution is 2.34. The van der Waals surface area contributed by atoms with E-state index in [1.165, 1.54) is 0 Å². The molecular weight excluding hydrogens is 430 g/mol. The molecule has 0 bridgehead atoms. The van der Waals surface area contributed by atoms with Gasteiger partial charge in [0.05, 0.1) is 6.04 Å². The fourth-order valence-corrected chi connectivity index (χ4v) is 4.66. The van der Waals surface area contributed by atoms with Crippen LogP contribution >= 0.6 is 0 Å². The fraction of sp³-hybridized carbons (Fsp3) is 0.333. The summed E-state index contributed by atoms with van der Waals surface area (Å²) in [4.78, 5) is 27.9. The van der Waals surface area contributed by atoms with E-state index in [4.69, 9.17) is 4.42 Å². The number of fused-ring (bicyclic) bond motifs is 1. The van der Waals surface area contributed by atoms with Gasteiger partial charge in [-0.3, -0.25) is 9.59 Å². The molecule has 1 aromatic heterocycles. The molecule has 9 heteroatoms. The van der Waals surface area contributed by atoms with Gasteiger partial charge in [0.15, 0.2) is 0 Å². The molecule has 2 aromatic carbocycles. The van der Waals surface area contributed by atoms with Crippen LogP contribution in [-0.2, 0) is 6.54 Å². The average molecular weight is 452 g/mol. The molecule has 33 heavy (non-hydrogen) atoms. The van der Waals surface area contributed by atoms with Crippen LogP contribution in [0.4, 0.5) is 8.78 Å². The number of carbonyl (C=O) groups is 2. The van der Waals surface area contributed by atoms with E-state index in [1.54, 1.807) is 30.3 Å². The van der Waals surface area contributed by atoms with Crippen molar-refractivity contribution in [1.82, 2.24) is 20.4 Å². The van der Waals surface area contributed by atoms with Gasteiger partial charge in [0.2, 0.25) is 5.89 Å². The van der Waals surface area contributed by atoms with E-state index >= 15 is 0 Å². The van der Waals surface area contributed by atoms with Gasteiger partial charge in [-0.2, -0.15) is 8.78 Å². The van der Waals surface area contributed by atoms with Crippen molar-refractivity contribution in [2.24, 2.45) is 0 Å². The van der Waals surface area contributed by atoms with Crippen LogP contribution < -0.4 is 5.32 Å². The molecule has 1 aliphatic carbocycles. The van der Waals surface area contributed by atoms with Crippen molar-refractivity contribution in [3.63, 3.8) is 0 Å². The first-order chi connectivity index (χ1) is 16.0. The zero-order valence-electron chi connectivity index (χ0n) is 17.7. The highest BCUT2D eigenvalue weighted by molar-refractivity contribution is 5.99. The van der Waals surface area contributed by atoms with Gasteiger partial charge in [0, 0.05) is 29.3 Å². The predicted molar refractivity (Wildman–Crippen MR) is 115 cm³/mol. The lowest BCUT2D eigenvalue weighted by Crippen LogP contribution is -2.53. The SMILES string of the molecule is O=C(N[C@@H]1CCCC[C@H]1N1Cc2ccc(-c3nnc(C(F)F)o3)cc2C1=O)c1ccccc1. The zero-order chi connectivity index (χ0) is 22.9. The summed E-state index contributed by atoms with van der Waals surface area (Å²) in [6, 6.07) is 13.8. The number of aromatic nitrogens is 2. The van der Waals surface area contributed by atoms with Crippen LogP contribution in [0.3, 0.4) is 0 Å². The Morgan fingerprint density at radius 3 is 2.64 bits per heavy atom. The molecule has 2 aliphatic rings. The van der Waals surface area contributed by atoms with Crippen molar-refractivity contribution in [3.05, 3.63) is 71.1 Å². The quantitative estimate of drug-likeness (QED) is 0.621. The molecule has 0 saturated heterocycles. The Kier molecular flexibility index (Phi) is 5.62. The Hall–Kier alpha value is -3.62. The predicted octanol–water partition coefficient (Wildman–Crippen LogP) is 4.37. The lowest BCUT2D eigenvalue weighted by molar-refractivity contribution is 0.0582. The zero-order valence-corrected chi connectivity index (χ0v) is 17.7. The number of hydrogen-bond donors (Lipinski definition) is 1. The van der Waals surface area contributed by atoms with Crippen molar-refractivity contribution < 1.29 is 22.8 Å². The molecule has 0 radical (unpaired) electrons. The molecule has 2 amide bonds. The average Bonchev–Trinajstić information content (AvgIpc) is 3.45. The minimum absolute atomic E-state index is 0.0509. The second-order valence-corrected chi connectivity index (χ2v) is 8.35. The third-order valence-electron chi connectivity index (χ3n) is 6.30. The van der Waals surface area contributed by atoms with Crippen molar-refractivity contribution >= 4 is 11.8 Å². The summed E-state index contributed by atoms with van der Waals surface area (Å²) in [5.41, 5.74) is 2.34. The Morgan fingerprint density at radius 2 is 1.88 bits per heavy atom. The van der Waals surface area contributed by atoms with Crippen LogP contribution in [0.25, 0.3) is 11.5 Å². The lowest BCUT2D eigenvalue weighted by atomic mass is 9.89. The molecule has 1 fully saturated rings. The Labute approximate surface area is 188 Å². The summed E-state index contributed by atoms with van der Waals surface area (Å²) in [6.45, 7) is 0.433. The highest BCUT2D eigenvalue weighted by Gasteiger charge is 2.38. The van der Waals surface area contributed by atoms with E-state index < -0.39 is 12.3 Å². The van der Waals surface area contributed by atoms with Gasteiger partial charge in [0.25, 0.3) is 17.7 Å². The second kappa shape index (κ2) is 8.73. The number of carbonyl (C=O) groups excluding carboxylic acids is 2. The molecule has 3 aromatic rings. The van der Waals surface area contributed by atoms with E-state index in [1.807, 2.05) is 23.1 Å². The van der Waals surface area contributed by atoms with Gasteiger partial charge in [0.1, 0.15) is 0 Å². The largest absolute Gasteiger partial charge is 0.415 e. The number of alkyl halides is 2. The first-order valence-electron chi connectivity index (χ1n) is 10.9. The van der Waals surface area contributed by atoms with Gasteiger partial charge >= 0.3 is 6.43 Å². The Morgan fingerprint density at radius 1 is 1.09 bits per heavy atom. The van der Waals surface area contributed by atoms with Gasteiger partial charge in [-0.1, -0.05) is 37.1 Å². The molecule has 0 unspecified atom stereocenters. The maximum atomic E-state index is 13.3. The number of nitrogens with one attached hydrogen (secondary N) is 1. The number of rotatable bonds is 5. The van der Waals surface area contributed by atoms with Crippen molar-refractivity contribution in [1.29, 1.82) is 0 Å². The fourth-order valence-electron chi connectivity index (χ4n) is 4.66. The van der Waals surface area contributed by atoms with Crippen LogP contribution in [0.15, 0.2) is 52.9 Å². The molecule has 1 aliphatic heterocycles. The third kappa shape index (κ3) is 4.10. The van der Waals surface area contributed by atoms with Crippen LogP contribution in [0, 0.1) is 0 Å². The van der Waals surface area contributed by atoms with Gasteiger partial charge < -0.3 is 14.6 Å². The lowest BCUT2D eigenvalue weighted by Gasteiger charge is -2.38. The van der Waals surface area contributed by atoms with Crippen molar-refractivity contribution in [3.8, 4) is 11.5 Å². The standard InChI is InChI=1S/C24H22F2N4O3/c25-20(26)23-29-28-22(33-23)15-10-11-16-13-30(24(32)17(16)12-15)19-9-5-4-8-18(19)27-21(31)14-6-2-1-3-7-14/h1-3,6-7,10-12,18-20H,4-5,8-9,13H2,(H,27,31)/t18-,19-/m1/s1. The number of benzene rings is 2. The highest BCUT2D eigenvalue weighted by atomic mass is 19.3. The number of amides is 2. The second-order valence-electron chi connectivity index (χ2n) is 8.35. The first kappa shape index (κ1) is 21.2. The van der Waals surface area contributed by atoms with E-state index in [-0.39, 0.29) is 29.8 Å². The molecule has 0 spiro atoms. The van der Waals surface area contributed by atoms with E-state index in [9.17, 15) is 18.4 Å². The third-order valence-corrected chi connectivity index (χ3v) is 6.30. The molecule has 1 N–H and O–H groups in total. The molecule has 2 heterocycles. The number of nitrogens with zero attached hydrogens (tertiary/aromatic N) is 3. The summed E-state index contributed by atoms with van der Waals surface area (Å²) >= 11 is 0. The molecule has 5 rings (SSSR count). The minimum atomic E-state index is -2.85. The molecule has 7 nitrogen and oxygen atoms in total. The Bertz CT molecular complexity index is 1180. The van der Waals surface area contributed by atoms with Crippen LogP contribution in [0.5, 0.6) is 0 Å². The molecule has 170 valence electrons. The van der Waals surface area contributed by atoms with Crippen molar-refractivity contribution in [2.45, 2.75) is 50.7 Å². The summed E-state index contributed by atoms with van der Waals surface area (Å²) in [6.07, 6.45) is 0.707. The van der Waals surface area contributed by atoms with E-state index in [2.05, 4.69) is 15.5 Å². The van der Waals surface area contributed by atoms with Crippen LogP contribution in [0.2, 0.25) is 0 Å². The van der Waals surface area contributed by atoms with Crippen LogP contribution in [0.1, 0.15) is 64.3 Å². The smallest absolute Gasteiger partial charge is 0.314 e. The summed E-state index contributed by atoms with van der Waals surface area (Å²) in [7, 11) is 0. The monoisotopic (exact) mass is 452 g/mol. The van der Waals surface area contributed by atoms with Crippen LogP contribution in [-0.4, -0.2) is 39.0 Å².